The van der Waals surface area contributed by atoms with Gasteiger partial charge in [-0.25, -0.2) is 0 Å². The maximum Gasteiger partial charge on any atom is 0.0226 e. The van der Waals surface area contributed by atoms with Crippen LogP contribution in [0.2, 0.25) is 0 Å². The lowest BCUT2D eigenvalue weighted by molar-refractivity contribution is 0.184. The first-order chi connectivity index (χ1) is 6.20. The van der Waals surface area contributed by atoms with E-state index in [9.17, 15) is 0 Å². The zero-order valence-electron chi connectivity index (χ0n) is 10.8. The second kappa shape index (κ2) is 5.72. The van der Waals surface area contributed by atoms with Crippen LogP contribution in [0.15, 0.2) is 0 Å². The predicted molar refractivity (Wildman–Crippen MR) is 64.4 cm³/mol. The first-order valence-corrected chi connectivity index (χ1v) is 5.72. The van der Waals surface area contributed by atoms with E-state index in [4.69, 9.17) is 5.73 Å². The maximum absolute atomic E-state index is 6.05. The average Bonchev–Trinajstić information content (AvgIpc) is 1.77. The molecule has 0 saturated heterocycles. The minimum Gasteiger partial charge on any atom is -0.324 e. The Morgan fingerprint density at radius 1 is 1.00 bits per heavy atom. The smallest absolute Gasteiger partial charge is 0.0226 e. The molecule has 2 heteroatoms. The number of rotatable bonds is 6. The highest BCUT2D eigenvalue weighted by Gasteiger charge is 2.18. The summed E-state index contributed by atoms with van der Waals surface area (Å²) in [6, 6.07) is 0. The Balaban J connectivity index is 4.11. The largest absolute Gasteiger partial charge is 0.324 e. The monoisotopic (exact) mass is 200 g/mol. The standard InChI is InChI=1S/C12H28N2/c1-10(2)7-14(8-11(3)4)9-12(5,6)13/h10-11H,7-9,13H2,1-6H3. The molecule has 86 valence electrons. The Morgan fingerprint density at radius 3 is 1.57 bits per heavy atom. The van der Waals surface area contributed by atoms with Crippen molar-refractivity contribution in [3.8, 4) is 0 Å². The van der Waals surface area contributed by atoms with Crippen LogP contribution in [0.4, 0.5) is 0 Å². The first-order valence-electron chi connectivity index (χ1n) is 5.72. The Labute approximate surface area is 89.9 Å². The molecule has 0 rings (SSSR count). The van der Waals surface area contributed by atoms with Crippen molar-refractivity contribution in [1.29, 1.82) is 0 Å². The third-order valence-electron chi connectivity index (χ3n) is 1.88. The van der Waals surface area contributed by atoms with Crippen LogP contribution in [0.3, 0.4) is 0 Å². The van der Waals surface area contributed by atoms with E-state index < -0.39 is 0 Å². The van der Waals surface area contributed by atoms with Crippen LogP contribution >= 0.6 is 0 Å². The summed E-state index contributed by atoms with van der Waals surface area (Å²) < 4.78 is 0. The van der Waals surface area contributed by atoms with Crippen LogP contribution in [0, 0.1) is 11.8 Å². The van der Waals surface area contributed by atoms with Gasteiger partial charge in [-0.3, -0.25) is 0 Å². The molecule has 0 saturated carbocycles. The highest BCUT2D eigenvalue weighted by atomic mass is 15.1. The lowest BCUT2D eigenvalue weighted by Gasteiger charge is -2.32. The van der Waals surface area contributed by atoms with Gasteiger partial charge in [0.05, 0.1) is 0 Å². The Bertz CT molecular complexity index is 135. The summed E-state index contributed by atoms with van der Waals surface area (Å²) >= 11 is 0. The molecule has 0 amide bonds. The van der Waals surface area contributed by atoms with Gasteiger partial charge in [0, 0.05) is 25.2 Å². The molecule has 0 aromatic rings. The number of nitrogens with two attached hydrogens (primary N) is 1. The number of hydrogen-bond acceptors (Lipinski definition) is 2. The SMILES string of the molecule is CC(C)CN(CC(C)C)CC(C)(C)N. The molecule has 14 heavy (non-hydrogen) atoms. The molecular formula is C12H28N2. The summed E-state index contributed by atoms with van der Waals surface area (Å²) in [5.74, 6) is 1.44. The third kappa shape index (κ3) is 8.52. The predicted octanol–water partition coefficient (Wildman–Crippen LogP) is 2.34. The van der Waals surface area contributed by atoms with Gasteiger partial charge in [0.15, 0.2) is 0 Å². The van der Waals surface area contributed by atoms with Gasteiger partial charge < -0.3 is 10.6 Å². The zero-order chi connectivity index (χ0) is 11.4. The van der Waals surface area contributed by atoms with E-state index in [0.717, 1.165) is 31.5 Å². The summed E-state index contributed by atoms with van der Waals surface area (Å²) in [5, 5.41) is 0. The molecule has 0 bridgehead atoms. The second-order valence-corrected chi connectivity index (χ2v) is 5.97. The number of hydrogen-bond donors (Lipinski definition) is 1. The highest BCUT2D eigenvalue weighted by molar-refractivity contribution is 4.78. The lowest BCUT2D eigenvalue weighted by Crippen LogP contribution is -2.47. The van der Waals surface area contributed by atoms with Crippen LogP contribution in [0.25, 0.3) is 0 Å². The van der Waals surface area contributed by atoms with Crippen molar-refractivity contribution in [3.05, 3.63) is 0 Å². The van der Waals surface area contributed by atoms with Crippen LogP contribution < -0.4 is 5.73 Å². The normalized spacial score (nSPS) is 13.3. The van der Waals surface area contributed by atoms with E-state index in [1.165, 1.54) is 0 Å². The molecule has 0 fully saturated rings. The van der Waals surface area contributed by atoms with Crippen LogP contribution in [0.5, 0.6) is 0 Å². The van der Waals surface area contributed by atoms with E-state index in [1.54, 1.807) is 0 Å². The quantitative estimate of drug-likeness (QED) is 0.713. The molecule has 0 heterocycles. The van der Waals surface area contributed by atoms with E-state index in [-0.39, 0.29) is 5.54 Å². The maximum atomic E-state index is 6.05. The minimum atomic E-state index is -0.0796. The van der Waals surface area contributed by atoms with Gasteiger partial charge >= 0.3 is 0 Å². The van der Waals surface area contributed by atoms with Crippen molar-refractivity contribution < 1.29 is 0 Å². The summed E-state index contributed by atoms with van der Waals surface area (Å²) in [6.07, 6.45) is 0. The Hall–Kier alpha value is -0.0800. The van der Waals surface area contributed by atoms with Gasteiger partial charge in [-0.2, -0.15) is 0 Å². The van der Waals surface area contributed by atoms with Crippen molar-refractivity contribution in [2.24, 2.45) is 17.6 Å². The fourth-order valence-corrected chi connectivity index (χ4v) is 1.81. The zero-order valence-corrected chi connectivity index (χ0v) is 10.8. The topological polar surface area (TPSA) is 29.3 Å². The summed E-state index contributed by atoms with van der Waals surface area (Å²) in [5.41, 5.74) is 5.97. The highest BCUT2D eigenvalue weighted by Crippen LogP contribution is 2.08. The van der Waals surface area contributed by atoms with Crippen LogP contribution in [0.1, 0.15) is 41.5 Å². The molecule has 0 aromatic carbocycles. The van der Waals surface area contributed by atoms with Crippen molar-refractivity contribution in [2.45, 2.75) is 47.1 Å². The molecule has 0 aromatic heterocycles. The molecule has 0 aliphatic rings. The second-order valence-electron chi connectivity index (χ2n) is 5.97. The van der Waals surface area contributed by atoms with Gasteiger partial charge in [-0.05, 0) is 25.7 Å². The van der Waals surface area contributed by atoms with Crippen LogP contribution in [-0.4, -0.2) is 30.1 Å². The molecule has 0 aliphatic carbocycles. The van der Waals surface area contributed by atoms with E-state index >= 15 is 0 Å². The first kappa shape index (κ1) is 13.9. The Morgan fingerprint density at radius 2 is 1.36 bits per heavy atom. The Kier molecular flexibility index (Phi) is 5.68. The van der Waals surface area contributed by atoms with Crippen molar-refractivity contribution in [1.82, 2.24) is 4.90 Å². The van der Waals surface area contributed by atoms with Gasteiger partial charge in [-0.1, -0.05) is 27.7 Å². The van der Waals surface area contributed by atoms with Gasteiger partial charge in [0.2, 0.25) is 0 Å². The summed E-state index contributed by atoms with van der Waals surface area (Å²) in [6.45, 7) is 16.5. The van der Waals surface area contributed by atoms with E-state index in [2.05, 4.69) is 46.4 Å². The third-order valence-corrected chi connectivity index (χ3v) is 1.88. The van der Waals surface area contributed by atoms with Crippen molar-refractivity contribution in [2.75, 3.05) is 19.6 Å². The molecule has 2 nitrogen and oxygen atoms in total. The summed E-state index contributed by atoms with van der Waals surface area (Å²) in [7, 11) is 0. The van der Waals surface area contributed by atoms with E-state index in [1.807, 2.05) is 0 Å². The summed E-state index contributed by atoms with van der Waals surface area (Å²) in [4.78, 5) is 2.48. The molecule has 0 aliphatic heterocycles. The fraction of sp³-hybridized carbons (Fsp3) is 1.00. The van der Waals surface area contributed by atoms with Gasteiger partial charge in [-0.15, -0.1) is 0 Å². The van der Waals surface area contributed by atoms with Crippen molar-refractivity contribution in [3.63, 3.8) is 0 Å². The molecule has 0 radical (unpaired) electrons. The molecule has 0 unspecified atom stereocenters. The molecular weight excluding hydrogens is 172 g/mol. The van der Waals surface area contributed by atoms with Gasteiger partial charge in [0.25, 0.3) is 0 Å². The fourth-order valence-electron chi connectivity index (χ4n) is 1.81. The van der Waals surface area contributed by atoms with Crippen molar-refractivity contribution >= 4 is 0 Å². The van der Waals surface area contributed by atoms with Crippen LogP contribution in [-0.2, 0) is 0 Å². The molecule has 0 spiro atoms. The van der Waals surface area contributed by atoms with E-state index in [0.29, 0.717) is 0 Å². The van der Waals surface area contributed by atoms with Gasteiger partial charge in [0.1, 0.15) is 0 Å². The number of nitrogens with zero attached hydrogens (tertiary/aromatic N) is 1. The minimum absolute atomic E-state index is 0.0796. The lowest BCUT2D eigenvalue weighted by atomic mass is 10.0. The molecule has 2 N–H and O–H groups in total. The molecule has 0 atom stereocenters. The average molecular weight is 200 g/mol.